The molecule has 0 amide bonds. The molecule has 2 N–H and O–H groups in total. The van der Waals surface area contributed by atoms with E-state index in [1.807, 2.05) is 0 Å². The van der Waals surface area contributed by atoms with Crippen LogP contribution in [-0.2, 0) is 42.8 Å². The van der Waals surface area contributed by atoms with Crippen LogP contribution in [0.2, 0.25) is 0 Å². The van der Waals surface area contributed by atoms with Crippen LogP contribution in [0, 0.1) is 0 Å². The summed E-state index contributed by atoms with van der Waals surface area (Å²) in [5.74, 6) is 0.223. The van der Waals surface area contributed by atoms with Gasteiger partial charge in [0.2, 0.25) is 0 Å². The summed E-state index contributed by atoms with van der Waals surface area (Å²) in [6.45, 7) is -0.648. The van der Waals surface area contributed by atoms with Gasteiger partial charge in [0.25, 0.3) is 15.6 Å². The van der Waals surface area contributed by atoms with Crippen molar-refractivity contribution in [3.05, 3.63) is 22.2 Å². The van der Waals surface area contributed by atoms with Crippen molar-refractivity contribution in [3.63, 3.8) is 0 Å². The van der Waals surface area contributed by atoms with E-state index in [1.165, 1.54) is 6.20 Å². The Labute approximate surface area is 172 Å². The first-order valence-electron chi connectivity index (χ1n) is 8.29. The third kappa shape index (κ3) is 6.73. The van der Waals surface area contributed by atoms with Crippen molar-refractivity contribution in [1.29, 1.82) is 0 Å². The molecule has 0 aromatic carbocycles. The largest absolute Gasteiger partial charge is 0.790 e. The van der Waals surface area contributed by atoms with Gasteiger partial charge in [-0.15, -0.1) is 0 Å². The third-order valence-corrected chi connectivity index (χ3v) is 7.65. The quantitative estimate of drug-likeness (QED) is 0.326. The molecular weight excluding hydrogens is 491 g/mol. The molecule has 0 radical (unpaired) electrons. The first-order valence-corrected chi connectivity index (χ1v) is 12.7. The number of hydrogen-bond donors (Lipinski definition) is 2. The number of rotatable bonds is 8. The molecule has 1 aromatic heterocycles. The number of hydrogen-bond acceptors (Lipinski definition) is 16. The predicted octanol–water partition coefficient (Wildman–Crippen LogP) is -3.39. The lowest BCUT2D eigenvalue weighted by Crippen LogP contribution is -2.31. The monoisotopic (exact) mass is 505 g/mol. The lowest BCUT2D eigenvalue weighted by atomic mass is 10.2. The molecule has 1 fully saturated rings. The number of aliphatic hydroxyl groups is 1. The van der Waals surface area contributed by atoms with Crippen LogP contribution < -0.4 is 30.7 Å². The smallest absolute Gasteiger partial charge is 0.351 e. The van der Waals surface area contributed by atoms with Crippen molar-refractivity contribution < 1.29 is 61.1 Å². The van der Waals surface area contributed by atoms with E-state index in [2.05, 4.69) is 23.6 Å². The highest BCUT2D eigenvalue weighted by atomic mass is 31.3. The molecule has 17 nitrogen and oxygen atoms in total. The van der Waals surface area contributed by atoms with Gasteiger partial charge in [0.1, 0.15) is 12.3 Å². The van der Waals surface area contributed by atoms with Crippen LogP contribution in [0.4, 0.5) is 5.82 Å². The molecule has 5 atom stereocenters. The fourth-order valence-corrected chi connectivity index (χ4v) is 5.62. The predicted molar refractivity (Wildman–Crippen MR) is 87.3 cm³/mol. The van der Waals surface area contributed by atoms with Crippen LogP contribution in [0.3, 0.4) is 0 Å². The Bertz CT molecular complexity index is 1020. The molecular formula is C11H14N3O14P3-4. The Hall–Kier alpha value is -1.03. The van der Waals surface area contributed by atoms with Gasteiger partial charge in [0, 0.05) is 24.6 Å². The van der Waals surface area contributed by atoms with E-state index in [1.54, 1.807) is 0 Å². The van der Waals surface area contributed by atoms with Gasteiger partial charge >= 0.3 is 5.69 Å². The van der Waals surface area contributed by atoms with Crippen molar-refractivity contribution in [2.75, 3.05) is 18.7 Å². The minimum atomic E-state index is -6.11. The SMILES string of the molecule is O=c1nc2c(cn1C1CC(O)C(COP(=O)([O-])OP(=O)([O-])OP(=O)([O-])[O-])O1)CCON2. The second-order valence-corrected chi connectivity index (χ2v) is 10.5. The second-order valence-electron chi connectivity index (χ2n) is 6.24. The van der Waals surface area contributed by atoms with Gasteiger partial charge < -0.3 is 38.5 Å². The van der Waals surface area contributed by atoms with Crippen molar-refractivity contribution in [1.82, 2.24) is 9.55 Å². The zero-order valence-corrected chi connectivity index (χ0v) is 17.8. The fraction of sp³-hybridized carbons (Fsp3) is 0.636. The van der Waals surface area contributed by atoms with Crippen LogP contribution >= 0.6 is 23.5 Å². The summed E-state index contributed by atoms with van der Waals surface area (Å²) in [7, 11) is -18.0. The first kappa shape index (κ1) is 24.6. The van der Waals surface area contributed by atoms with Gasteiger partial charge in [-0.2, -0.15) is 4.98 Å². The summed E-state index contributed by atoms with van der Waals surface area (Å²) in [6, 6.07) is 0. The summed E-state index contributed by atoms with van der Waals surface area (Å²) in [5.41, 5.74) is 2.35. The van der Waals surface area contributed by atoms with Gasteiger partial charge in [0.05, 0.1) is 27.1 Å². The first-order chi connectivity index (χ1) is 14.2. The van der Waals surface area contributed by atoms with Crippen LogP contribution in [0.25, 0.3) is 0 Å². The van der Waals surface area contributed by atoms with Crippen LogP contribution in [0.1, 0.15) is 18.2 Å². The fourth-order valence-electron chi connectivity index (χ4n) is 2.75. The number of phosphoric acid groups is 3. The highest BCUT2D eigenvalue weighted by molar-refractivity contribution is 7.64. The van der Waals surface area contributed by atoms with Gasteiger partial charge in [-0.25, -0.2) is 14.6 Å². The molecule has 0 spiro atoms. The molecule has 0 saturated carbocycles. The summed E-state index contributed by atoms with van der Waals surface area (Å²) < 4.78 is 50.2. The topological polar surface area (TPSA) is 257 Å². The maximum Gasteiger partial charge on any atom is 0.351 e. The molecule has 176 valence electrons. The Balaban J connectivity index is 1.63. The highest BCUT2D eigenvalue weighted by Gasteiger charge is 2.37. The maximum absolute atomic E-state index is 12.2. The number of aromatic nitrogens is 2. The zero-order valence-electron chi connectivity index (χ0n) is 15.1. The molecule has 3 heterocycles. The number of nitrogens with one attached hydrogen (secondary N) is 1. The van der Waals surface area contributed by atoms with Crippen molar-refractivity contribution >= 4 is 29.3 Å². The van der Waals surface area contributed by atoms with Crippen molar-refractivity contribution in [2.45, 2.75) is 31.3 Å². The van der Waals surface area contributed by atoms with E-state index < -0.39 is 54.2 Å². The zero-order chi connectivity index (χ0) is 23.0. The molecule has 3 rings (SSSR count). The molecule has 5 unspecified atom stereocenters. The molecule has 20 heteroatoms. The molecule has 0 bridgehead atoms. The Morgan fingerprint density at radius 2 is 1.94 bits per heavy atom. The van der Waals surface area contributed by atoms with Crippen molar-refractivity contribution in [3.8, 4) is 0 Å². The molecule has 2 aliphatic rings. The van der Waals surface area contributed by atoms with E-state index in [0.29, 0.717) is 18.6 Å². The molecule has 1 saturated heterocycles. The van der Waals surface area contributed by atoms with E-state index in [9.17, 15) is 43.2 Å². The minimum Gasteiger partial charge on any atom is -0.790 e. The van der Waals surface area contributed by atoms with E-state index in [-0.39, 0.29) is 12.2 Å². The van der Waals surface area contributed by atoms with Gasteiger partial charge in [-0.1, -0.05) is 0 Å². The summed E-state index contributed by atoms with van der Waals surface area (Å²) in [4.78, 5) is 64.2. The van der Waals surface area contributed by atoms with Crippen LogP contribution in [-0.4, -0.2) is 40.1 Å². The molecule has 1 aromatic rings. The third-order valence-electron chi connectivity index (χ3n) is 3.98. The lowest BCUT2D eigenvalue weighted by Gasteiger charge is -2.37. The Morgan fingerprint density at radius 3 is 2.61 bits per heavy atom. The molecule has 2 aliphatic heterocycles. The number of anilines is 1. The van der Waals surface area contributed by atoms with Gasteiger partial charge in [-0.05, 0) is 0 Å². The maximum atomic E-state index is 12.2. The van der Waals surface area contributed by atoms with Gasteiger partial charge in [0.15, 0.2) is 5.82 Å². The summed E-state index contributed by atoms with van der Waals surface area (Å²) >= 11 is 0. The molecule has 0 aliphatic carbocycles. The molecule has 31 heavy (non-hydrogen) atoms. The summed E-state index contributed by atoms with van der Waals surface area (Å²) in [5, 5.41) is 10.1. The Morgan fingerprint density at radius 1 is 1.23 bits per heavy atom. The average molecular weight is 505 g/mol. The number of aliphatic hydroxyl groups excluding tert-OH is 1. The average Bonchev–Trinajstić information content (AvgIpc) is 2.97. The van der Waals surface area contributed by atoms with Crippen molar-refractivity contribution in [2.24, 2.45) is 0 Å². The Kier molecular flexibility index (Phi) is 7.21. The highest BCUT2D eigenvalue weighted by Crippen LogP contribution is 2.60. The van der Waals surface area contributed by atoms with E-state index in [0.717, 1.165) is 4.57 Å². The van der Waals surface area contributed by atoms with E-state index >= 15 is 0 Å². The lowest BCUT2D eigenvalue weighted by molar-refractivity contribution is -0.339. The number of nitrogens with zero attached hydrogens (tertiary/aromatic N) is 2. The second kappa shape index (κ2) is 9.08. The number of fused-ring (bicyclic) bond motifs is 1. The van der Waals surface area contributed by atoms with E-state index in [4.69, 9.17) is 9.57 Å². The summed E-state index contributed by atoms with van der Waals surface area (Å²) in [6.07, 6.45) is -2.04. The number of ether oxygens (including phenoxy) is 1. The normalized spacial score (nSPS) is 27.7. The van der Waals surface area contributed by atoms with Gasteiger partial charge in [-0.3, -0.25) is 22.8 Å². The standard InChI is InChI=1S/C11H18N3O14P3/c15-7-3-9(14-4-6-1-2-24-13-10(6)12-11(14)16)26-8(7)5-25-30(20,21)28-31(22,23)27-29(17,18)19/h4,7-9,15H,1-3,5H2,(H,20,21)(H,22,23)(H,12,13,16)(H2,17,18,19)/p-4. The van der Waals surface area contributed by atoms with Crippen LogP contribution in [0.15, 0.2) is 11.0 Å². The van der Waals surface area contributed by atoms with Crippen LogP contribution in [0.5, 0.6) is 0 Å². The minimum absolute atomic E-state index is 0.166. The number of phosphoric ester groups is 1.